The van der Waals surface area contributed by atoms with Gasteiger partial charge in [0.1, 0.15) is 11.3 Å². The molecule has 1 fully saturated rings. The molecule has 1 N–H and O–H groups in total. The first-order valence-corrected chi connectivity index (χ1v) is 6.44. The average Bonchev–Trinajstić information content (AvgIpc) is 2.75. The molecule has 0 saturated carbocycles. The minimum atomic E-state index is -1.55. The molecule has 2 rings (SSSR count). The smallest absolute Gasteiger partial charge is 0.380 e. The van der Waals surface area contributed by atoms with Crippen molar-refractivity contribution in [1.29, 1.82) is 0 Å². The van der Waals surface area contributed by atoms with Crippen LogP contribution >= 0.6 is 11.6 Å². The normalized spacial score (nSPS) is 20.2. The minimum Gasteiger partial charge on any atom is -0.507 e. The highest BCUT2D eigenvalue weighted by Crippen LogP contribution is 2.27. The molecule has 1 atom stereocenters. The lowest BCUT2D eigenvalue weighted by atomic mass is 10.0. The zero-order valence-electron chi connectivity index (χ0n) is 11.0. The largest absolute Gasteiger partial charge is 0.507 e. The van der Waals surface area contributed by atoms with Crippen LogP contribution in [0, 0.1) is 0 Å². The van der Waals surface area contributed by atoms with Crippen LogP contribution in [0.4, 0.5) is 0 Å². The zero-order valence-corrected chi connectivity index (χ0v) is 11.7. The number of ether oxygens (including phenoxy) is 2. The molecule has 0 amide bonds. The number of ketones is 1. The maximum Gasteiger partial charge on any atom is 0.380 e. The van der Waals surface area contributed by atoms with E-state index in [-0.39, 0.29) is 12.2 Å². The van der Waals surface area contributed by atoms with Crippen LogP contribution in [0.2, 0.25) is 5.02 Å². The van der Waals surface area contributed by atoms with Crippen molar-refractivity contribution < 1.29 is 29.0 Å². The molecule has 1 aliphatic heterocycles. The molecule has 1 aliphatic rings. The van der Waals surface area contributed by atoms with Crippen LogP contribution in [0.1, 0.15) is 12.5 Å². The molecule has 0 spiro atoms. The van der Waals surface area contributed by atoms with Crippen LogP contribution in [-0.2, 0) is 23.9 Å². The van der Waals surface area contributed by atoms with Gasteiger partial charge in [0.25, 0.3) is 5.78 Å². The topological polar surface area (TPSA) is 89.9 Å². The fraction of sp³-hybridized carbons (Fsp3) is 0.214. The third kappa shape index (κ3) is 2.90. The van der Waals surface area contributed by atoms with Crippen molar-refractivity contribution in [3.8, 4) is 0 Å². The molecule has 1 saturated heterocycles. The number of aliphatic hydroxyl groups excluding tert-OH is 1. The molecular formula is C14H11ClO6. The molecule has 1 aromatic carbocycles. The third-order valence-corrected chi connectivity index (χ3v) is 3.04. The Morgan fingerprint density at radius 3 is 2.52 bits per heavy atom. The maximum atomic E-state index is 11.8. The number of halogens is 1. The van der Waals surface area contributed by atoms with Gasteiger partial charge in [-0.3, -0.25) is 4.79 Å². The van der Waals surface area contributed by atoms with E-state index in [2.05, 4.69) is 4.74 Å². The van der Waals surface area contributed by atoms with Gasteiger partial charge in [0.2, 0.25) is 6.10 Å². The van der Waals surface area contributed by atoms with Gasteiger partial charge in [0.15, 0.2) is 0 Å². The van der Waals surface area contributed by atoms with Crippen LogP contribution in [0.5, 0.6) is 0 Å². The Kier molecular flexibility index (Phi) is 4.28. The molecule has 0 radical (unpaired) electrons. The second-order valence-corrected chi connectivity index (χ2v) is 4.57. The average molecular weight is 311 g/mol. The summed E-state index contributed by atoms with van der Waals surface area (Å²) in [5, 5.41) is 10.6. The molecular weight excluding hydrogens is 300 g/mol. The molecule has 0 aliphatic carbocycles. The van der Waals surface area contributed by atoms with Crippen molar-refractivity contribution in [2.24, 2.45) is 0 Å². The Bertz CT molecular complexity index is 631. The second kappa shape index (κ2) is 5.97. The SMILES string of the molecule is CCOC(=O)C1OC(=O)C(=O)/C1=C(/O)c1ccc(Cl)cc1. The number of rotatable bonds is 3. The van der Waals surface area contributed by atoms with Crippen LogP contribution in [0.25, 0.3) is 5.76 Å². The fourth-order valence-corrected chi connectivity index (χ4v) is 1.95. The van der Waals surface area contributed by atoms with Gasteiger partial charge in [0.05, 0.1) is 6.61 Å². The summed E-state index contributed by atoms with van der Waals surface area (Å²) < 4.78 is 9.38. The van der Waals surface area contributed by atoms with Gasteiger partial charge in [-0.1, -0.05) is 11.6 Å². The van der Waals surface area contributed by atoms with E-state index in [4.69, 9.17) is 16.3 Å². The van der Waals surface area contributed by atoms with E-state index in [1.54, 1.807) is 6.92 Å². The van der Waals surface area contributed by atoms with E-state index in [1.807, 2.05) is 0 Å². The predicted molar refractivity (Wildman–Crippen MR) is 72.5 cm³/mol. The lowest BCUT2D eigenvalue weighted by Gasteiger charge is -2.10. The molecule has 110 valence electrons. The first-order valence-electron chi connectivity index (χ1n) is 6.06. The summed E-state index contributed by atoms with van der Waals surface area (Å²) in [6.07, 6.45) is -1.55. The number of esters is 2. The van der Waals surface area contributed by atoms with E-state index < -0.39 is 35.2 Å². The summed E-state index contributed by atoms with van der Waals surface area (Å²) in [7, 11) is 0. The van der Waals surface area contributed by atoms with Gasteiger partial charge < -0.3 is 14.6 Å². The van der Waals surface area contributed by atoms with Gasteiger partial charge >= 0.3 is 11.9 Å². The Balaban J connectivity index is 2.47. The van der Waals surface area contributed by atoms with Crippen LogP contribution in [0.3, 0.4) is 0 Å². The maximum absolute atomic E-state index is 11.8. The van der Waals surface area contributed by atoms with Crippen LogP contribution in [-0.4, -0.2) is 35.5 Å². The minimum absolute atomic E-state index is 0.0516. The molecule has 0 bridgehead atoms. The summed E-state index contributed by atoms with van der Waals surface area (Å²) in [5.41, 5.74) is -0.198. The number of hydrogen-bond acceptors (Lipinski definition) is 6. The van der Waals surface area contributed by atoms with E-state index >= 15 is 0 Å². The van der Waals surface area contributed by atoms with Crippen molar-refractivity contribution in [1.82, 2.24) is 0 Å². The van der Waals surface area contributed by atoms with Gasteiger partial charge in [-0.25, -0.2) is 9.59 Å². The van der Waals surface area contributed by atoms with Gasteiger partial charge in [0, 0.05) is 10.6 Å². The second-order valence-electron chi connectivity index (χ2n) is 4.14. The van der Waals surface area contributed by atoms with Crippen LogP contribution in [0.15, 0.2) is 29.8 Å². The monoisotopic (exact) mass is 310 g/mol. The first kappa shape index (κ1) is 15.1. The van der Waals surface area contributed by atoms with E-state index in [9.17, 15) is 19.5 Å². The Morgan fingerprint density at radius 1 is 1.33 bits per heavy atom. The summed E-state index contributed by atoms with van der Waals surface area (Å²) in [4.78, 5) is 34.8. The zero-order chi connectivity index (χ0) is 15.6. The molecule has 1 unspecified atom stereocenters. The molecule has 0 aromatic heterocycles. The Hall–Kier alpha value is -2.34. The molecule has 7 heteroatoms. The summed E-state index contributed by atoms with van der Waals surface area (Å²) in [5.74, 6) is -3.70. The van der Waals surface area contributed by atoms with Gasteiger partial charge in [-0.05, 0) is 31.2 Å². The molecule has 1 heterocycles. The van der Waals surface area contributed by atoms with Crippen molar-refractivity contribution in [3.63, 3.8) is 0 Å². The van der Waals surface area contributed by atoms with Crippen molar-refractivity contribution in [2.45, 2.75) is 13.0 Å². The van der Waals surface area contributed by atoms with E-state index in [0.29, 0.717) is 5.02 Å². The number of cyclic esters (lactones) is 1. The fourth-order valence-electron chi connectivity index (χ4n) is 1.83. The molecule has 1 aromatic rings. The highest BCUT2D eigenvalue weighted by atomic mass is 35.5. The van der Waals surface area contributed by atoms with Crippen molar-refractivity contribution in [2.75, 3.05) is 6.61 Å². The van der Waals surface area contributed by atoms with Crippen molar-refractivity contribution >= 4 is 35.1 Å². The Labute approximate surface area is 124 Å². The summed E-state index contributed by atoms with van der Waals surface area (Å²) in [6, 6.07) is 5.89. The number of benzene rings is 1. The number of carbonyl (C=O) groups is 3. The van der Waals surface area contributed by atoms with Gasteiger partial charge in [-0.2, -0.15) is 0 Å². The lowest BCUT2D eigenvalue weighted by molar-refractivity contribution is -0.160. The summed E-state index contributed by atoms with van der Waals surface area (Å²) >= 11 is 5.73. The first-order chi connectivity index (χ1) is 9.95. The number of hydrogen-bond donors (Lipinski definition) is 1. The Morgan fingerprint density at radius 2 is 1.95 bits per heavy atom. The van der Waals surface area contributed by atoms with Crippen molar-refractivity contribution in [3.05, 3.63) is 40.4 Å². The quantitative estimate of drug-likeness (QED) is 0.395. The van der Waals surface area contributed by atoms with Gasteiger partial charge in [-0.15, -0.1) is 0 Å². The van der Waals surface area contributed by atoms with E-state index in [1.165, 1.54) is 24.3 Å². The molecule has 21 heavy (non-hydrogen) atoms. The highest BCUT2D eigenvalue weighted by Gasteiger charge is 2.46. The summed E-state index contributed by atoms with van der Waals surface area (Å²) in [6.45, 7) is 1.62. The standard InChI is InChI=1S/C14H11ClO6/c1-2-20-14(19)12-9(11(17)13(18)21-12)10(16)7-3-5-8(15)6-4-7/h3-6,12,16H,2H2,1H3/b10-9-. The van der Waals surface area contributed by atoms with E-state index in [0.717, 1.165) is 0 Å². The number of Topliss-reactive ketones (excluding diaryl/α,β-unsaturated/α-hetero) is 1. The highest BCUT2D eigenvalue weighted by molar-refractivity contribution is 6.45. The lowest BCUT2D eigenvalue weighted by Crippen LogP contribution is -2.25. The third-order valence-electron chi connectivity index (χ3n) is 2.79. The number of carbonyl (C=O) groups excluding carboxylic acids is 3. The molecule has 6 nitrogen and oxygen atoms in total. The predicted octanol–water partition coefficient (Wildman–Crippen LogP) is 1.67. The van der Waals surface area contributed by atoms with Crippen LogP contribution < -0.4 is 0 Å². The number of aliphatic hydroxyl groups is 1.